The zero-order valence-electron chi connectivity index (χ0n) is 27.6. The summed E-state index contributed by atoms with van der Waals surface area (Å²) in [4.78, 5) is 57.7. The van der Waals surface area contributed by atoms with E-state index in [9.17, 15) is 32.3 Å². The number of carbonyl (C=O) groups excluding carboxylic acids is 4. The smallest absolute Gasteiger partial charge is 0.475 e. The van der Waals surface area contributed by atoms with Crippen molar-refractivity contribution in [3.63, 3.8) is 0 Å². The third-order valence-electron chi connectivity index (χ3n) is 6.90. The minimum absolute atomic E-state index is 0.00476. The van der Waals surface area contributed by atoms with Crippen LogP contribution in [0.2, 0.25) is 0 Å². The molecule has 1 aromatic carbocycles. The van der Waals surface area contributed by atoms with Crippen molar-refractivity contribution in [1.82, 2.24) is 10.6 Å². The van der Waals surface area contributed by atoms with E-state index in [-0.39, 0.29) is 24.9 Å². The molecular formula is C32H46F3N3O9. The summed E-state index contributed by atoms with van der Waals surface area (Å²) in [5.41, 5.74) is 8.44. The Morgan fingerprint density at radius 2 is 1.51 bits per heavy atom. The van der Waals surface area contributed by atoms with E-state index in [1.165, 1.54) is 26.7 Å². The maximum atomic E-state index is 12.9. The first kappa shape index (κ1) is 42.8. The number of nitrogens with two attached hydrogens (primary N) is 1. The van der Waals surface area contributed by atoms with Gasteiger partial charge in [0.15, 0.2) is 0 Å². The fourth-order valence-electron chi connectivity index (χ4n) is 4.03. The number of alkyl halides is 3. The Morgan fingerprint density at radius 3 is 2.00 bits per heavy atom. The minimum atomic E-state index is -5.08. The van der Waals surface area contributed by atoms with E-state index in [2.05, 4.69) is 40.5 Å². The Kier molecular flexibility index (Phi) is 19.6. The third kappa shape index (κ3) is 17.3. The van der Waals surface area contributed by atoms with Crippen molar-refractivity contribution in [2.45, 2.75) is 77.4 Å². The van der Waals surface area contributed by atoms with E-state index in [4.69, 9.17) is 25.1 Å². The first-order chi connectivity index (χ1) is 21.9. The van der Waals surface area contributed by atoms with Gasteiger partial charge < -0.3 is 35.7 Å². The van der Waals surface area contributed by atoms with Gasteiger partial charge in [-0.2, -0.15) is 13.2 Å². The second-order valence-electron chi connectivity index (χ2n) is 10.7. The molecule has 0 aliphatic carbocycles. The van der Waals surface area contributed by atoms with Gasteiger partial charge >= 0.3 is 24.1 Å². The summed E-state index contributed by atoms with van der Waals surface area (Å²) in [6.07, 6.45) is 1.29. The number of carboxylic acid groups (broad SMARTS) is 1. The third-order valence-corrected chi connectivity index (χ3v) is 6.90. The van der Waals surface area contributed by atoms with E-state index in [0.717, 1.165) is 12.0 Å². The van der Waals surface area contributed by atoms with Crippen LogP contribution >= 0.6 is 0 Å². The Balaban J connectivity index is 0.00000270. The average molecular weight is 674 g/mol. The quantitative estimate of drug-likeness (QED) is 0.150. The topological polar surface area (TPSA) is 183 Å². The molecule has 6 atom stereocenters. The number of rotatable bonds is 16. The van der Waals surface area contributed by atoms with Gasteiger partial charge in [-0.3, -0.25) is 9.59 Å². The molecule has 0 radical (unpaired) electrons. The van der Waals surface area contributed by atoms with Crippen LogP contribution < -0.4 is 16.4 Å². The lowest BCUT2D eigenvalue weighted by atomic mass is 9.95. The molecule has 2 amide bonds. The number of carbonyl (C=O) groups is 5. The molecule has 264 valence electrons. The van der Waals surface area contributed by atoms with E-state index < -0.39 is 59.9 Å². The zero-order valence-corrected chi connectivity index (χ0v) is 27.6. The Labute approximate surface area is 272 Å². The summed E-state index contributed by atoms with van der Waals surface area (Å²) in [6.45, 7) is 7.19. The molecule has 0 aliphatic heterocycles. The lowest BCUT2D eigenvalue weighted by molar-refractivity contribution is -0.192. The number of methoxy groups -OCH3 is 3. The van der Waals surface area contributed by atoms with Gasteiger partial charge in [0.1, 0.15) is 12.1 Å². The van der Waals surface area contributed by atoms with E-state index in [0.29, 0.717) is 0 Å². The van der Waals surface area contributed by atoms with Crippen LogP contribution in [0.15, 0.2) is 54.1 Å². The molecule has 0 saturated heterocycles. The summed E-state index contributed by atoms with van der Waals surface area (Å²) in [7, 11) is 4.12. The van der Waals surface area contributed by atoms with Gasteiger partial charge in [-0.15, -0.1) is 0 Å². The van der Waals surface area contributed by atoms with Gasteiger partial charge in [0, 0.05) is 25.5 Å². The van der Waals surface area contributed by atoms with Gasteiger partial charge in [0.05, 0.1) is 26.2 Å². The average Bonchev–Trinajstić information content (AvgIpc) is 3.03. The number of amides is 2. The number of aliphatic carboxylic acids is 1. The standard InChI is InChI=1S/C30H45N3O7.C2HF3O2/c1-19(17-20(2)26(38-5)18-23-11-9-8-10-12-23)13-14-24(31)21(3)28(35)33-25(30(37)40-7)15-16-27(34)32-22(4)29(36)39-6;3-2(4,5)1(6)7/h8-14,17,20-22,24-26H,15-16,18,31H2,1-7H3,(H,32,34)(H,33,35);(H,6,7)/b14-13+,19-17+;/t20-,21-,22-,24-,25+,26-;/m0./s1. The summed E-state index contributed by atoms with van der Waals surface area (Å²) in [5, 5.41) is 12.2. The van der Waals surface area contributed by atoms with Gasteiger partial charge in [0.25, 0.3) is 0 Å². The molecule has 0 saturated carbocycles. The van der Waals surface area contributed by atoms with Crippen LogP contribution in [0.1, 0.15) is 46.1 Å². The zero-order chi connectivity index (χ0) is 36.3. The molecule has 0 fully saturated rings. The lowest BCUT2D eigenvalue weighted by Gasteiger charge is -2.22. The second-order valence-corrected chi connectivity index (χ2v) is 10.7. The molecule has 0 spiro atoms. The molecule has 12 nitrogen and oxygen atoms in total. The molecule has 0 heterocycles. The summed E-state index contributed by atoms with van der Waals surface area (Å²) in [6, 6.07) is 7.65. The number of nitrogens with one attached hydrogen (secondary N) is 2. The molecule has 1 aromatic rings. The molecule has 47 heavy (non-hydrogen) atoms. The monoisotopic (exact) mass is 673 g/mol. The van der Waals surface area contributed by atoms with E-state index in [1.807, 2.05) is 31.2 Å². The van der Waals surface area contributed by atoms with Crippen molar-refractivity contribution in [3.05, 3.63) is 59.7 Å². The summed E-state index contributed by atoms with van der Waals surface area (Å²) < 4.78 is 46.8. The van der Waals surface area contributed by atoms with Crippen LogP contribution in [0.4, 0.5) is 13.2 Å². The highest BCUT2D eigenvalue weighted by atomic mass is 19.4. The number of benzene rings is 1. The van der Waals surface area contributed by atoms with Gasteiger partial charge in [-0.25, -0.2) is 14.4 Å². The van der Waals surface area contributed by atoms with Crippen molar-refractivity contribution in [1.29, 1.82) is 0 Å². The van der Waals surface area contributed by atoms with Crippen LogP contribution in [-0.4, -0.2) is 86.6 Å². The largest absolute Gasteiger partial charge is 0.490 e. The minimum Gasteiger partial charge on any atom is -0.475 e. The fraction of sp³-hybridized carbons (Fsp3) is 0.531. The van der Waals surface area contributed by atoms with Gasteiger partial charge in [-0.05, 0) is 32.3 Å². The van der Waals surface area contributed by atoms with E-state index in [1.54, 1.807) is 20.1 Å². The van der Waals surface area contributed by atoms with Gasteiger partial charge in [-0.1, -0.05) is 68.0 Å². The number of ether oxygens (including phenoxy) is 3. The lowest BCUT2D eigenvalue weighted by Crippen LogP contribution is -2.48. The van der Waals surface area contributed by atoms with Gasteiger partial charge in [0.2, 0.25) is 11.8 Å². The molecule has 5 N–H and O–H groups in total. The number of hydrogen-bond donors (Lipinski definition) is 4. The van der Waals surface area contributed by atoms with Crippen LogP contribution in [0, 0.1) is 11.8 Å². The summed E-state index contributed by atoms with van der Waals surface area (Å²) >= 11 is 0. The highest BCUT2D eigenvalue weighted by Crippen LogP contribution is 2.17. The summed E-state index contributed by atoms with van der Waals surface area (Å²) in [5.74, 6) is -5.47. The number of halogens is 3. The molecular weight excluding hydrogens is 627 g/mol. The molecule has 0 bridgehead atoms. The van der Waals surface area contributed by atoms with E-state index >= 15 is 0 Å². The first-order valence-corrected chi connectivity index (χ1v) is 14.6. The number of esters is 2. The normalized spacial score (nSPS) is 15.5. The van der Waals surface area contributed by atoms with Crippen LogP contribution in [0.5, 0.6) is 0 Å². The van der Waals surface area contributed by atoms with Crippen molar-refractivity contribution in [2.24, 2.45) is 17.6 Å². The predicted octanol–water partition coefficient (Wildman–Crippen LogP) is 3.10. The first-order valence-electron chi connectivity index (χ1n) is 14.6. The fourth-order valence-corrected chi connectivity index (χ4v) is 4.03. The van der Waals surface area contributed by atoms with Crippen molar-refractivity contribution < 1.29 is 56.5 Å². The predicted molar refractivity (Wildman–Crippen MR) is 167 cm³/mol. The highest BCUT2D eigenvalue weighted by molar-refractivity contribution is 5.87. The maximum Gasteiger partial charge on any atom is 0.490 e. The Bertz CT molecular complexity index is 1220. The molecule has 0 unspecified atom stereocenters. The highest BCUT2D eigenvalue weighted by Gasteiger charge is 2.38. The van der Waals surface area contributed by atoms with Crippen LogP contribution in [0.3, 0.4) is 0 Å². The van der Waals surface area contributed by atoms with Crippen molar-refractivity contribution in [2.75, 3.05) is 21.3 Å². The number of carboxylic acids is 1. The SMILES string of the molecule is COC(=O)[C@H](C)NC(=O)CC[C@@H](NC(=O)[C@@H](C)[C@@H](N)/C=C/C(C)=C/[C@H](C)[C@H](Cc1ccccc1)OC)C(=O)OC.O=C(O)C(F)(F)F. The van der Waals surface area contributed by atoms with Crippen molar-refractivity contribution >= 4 is 29.7 Å². The molecule has 1 rings (SSSR count). The maximum absolute atomic E-state index is 12.9. The van der Waals surface area contributed by atoms with Crippen LogP contribution in [-0.2, 0) is 44.6 Å². The molecule has 0 aliphatic rings. The Morgan fingerprint density at radius 1 is 0.957 bits per heavy atom. The number of allylic oxidation sites excluding steroid dienone is 2. The van der Waals surface area contributed by atoms with Crippen LogP contribution in [0.25, 0.3) is 0 Å². The second kappa shape index (κ2) is 21.5. The van der Waals surface area contributed by atoms with Crippen molar-refractivity contribution in [3.8, 4) is 0 Å². The molecule has 0 aromatic heterocycles. The number of hydrogen-bond acceptors (Lipinski definition) is 9. The Hall–Kier alpha value is -4.24. The molecule has 15 heteroatoms.